The molecule has 0 unspecified atom stereocenters. The number of carboxylic acids is 1. The SMILES string of the molecule is Cc1c(Br)cc(C(=O)O)c2ccsc12. The molecule has 0 atom stereocenters. The lowest BCUT2D eigenvalue weighted by Gasteiger charge is -2.03. The van der Waals surface area contributed by atoms with Crippen LogP contribution in [-0.2, 0) is 0 Å². The van der Waals surface area contributed by atoms with Crippen molar-refractivity contribution in [2.75, 3.05) is 0 Å². The second kappa shape index (κ2) is 3.37. The van der Waals surface area contributed by atoms with E-state index in [4.69, 9.17) is 5.11 Å². The molecule has 2 nitrogen and oxygen atoms in total. The van der Waals surface area contributed by atoms with E-state index >= 15 is 0 Å². The first-order valence-corrected chi connectivity index (χ1v) is 5.68. The average molecular weight is 271 g/mol. The molecular weight excluding hydrogens is 264 g/mol. The third-order valence-corrected chi connectivity index (χ3v) is 4.01. The van der Waals surface area contributed by atoms with E-state index in [0.717, 1.165) is 20.1 Å². The van der Waals surface area contributed by atoms with Gasteiger partial charge in [-0.05, 0) is 30.0 Å². The molecule has 72 valence electrons. The molecule has 2 aromatic rings. The number of fused-ring (bicyclic) bond motifs is 1. The molecule has 0 fully saturated rings. The normalized spacial score (nSPS) is 10.7. The highest BCUT2D eigenvalue weighted by Crippen LogP contribution is 2.32. The molecule has 0 radical (unpaired) electrons. The van der Waals surface area contributed by atoms with Crippen molar-refractivity contribution in [1.82, 2.24) is 0 Å². The van der Waals surface area contributed by atoms with Crippen molar-refractivity contribution in [3.05, 3.63) is 33.1 Å². The van der Waals surface area contributed by atoms with Gasteiger partial charge in [0.15, 0.2) is 0 Å². The van der Waals surface area contributed by atoms with E-state index < -0.39 is 5.97 Å². The summed E-state index contributed by atoms with van der Waals surface area (Å²) in [7, 11) is 0. The van der Waals surface area contributed by atoms with Gasteiger partial charge in [0.2, 0.25) is 0 Å². The Balaban J connectivity index is 2.91. The molecule has 0 saturated heterocycles. The molecule has 0 aliphatic rings. The fourth-order valence-electron chi connectivity index (χ4n) is 1.41. The standard InChI is InChI=1S/C10H7BrO2S/c1-5-8(11)4-7(10(12)13)6-2-3-14-9(5)6/h2-4H,1H3,(H,12,13). The summed E-state index contributed by atoms with van der Waals surface area (Å²) in [5, 5.41) is 11.7. The fourth-order valence-corrected chi connectivity index (χ4v) is 2.90. The van der Waals surface area contributed by atoms with Crippen LogP contribution in [0, 0.1) is 6.92 Å². The summed E-state index contributed by atoms with van der Waals surface area (Å²) in [6.45, 7) is 1.98. The minimum absolute atomic E-state index is 0.360. The van der Waals surface area contributed by atoms with E-state index in [9.17, 15) is 4.79 Å². The van der Waals surface area contributed by atoms with Gasteiger partial charge in [-0.1, -0.05) is 15.9 Å². The summed E-state index contributed by atoms with van der Waals surface area (Å²) in [6, 6.07) is 3.51. The zero-order chi connectivity index (χ0) is 10.3. The molecule has 1 aromatic heterocycles. The number of carboxylic acid groups (broad SMARTS) is 1. The number of aryl methyl sites for hydroxylation is 1. The highest BCUT2D eigenvalue weighted by Gasteiger charge is 2.13. The van der Waals surface area contributed by atoms with Crippen LogP contribution in [-0.4, -0.2) is 11.1 Å². The van der Waals surface area contributed by atoms with Gasteiger partial charge in [-0.25, -0.2) is 4.79 Å². The van der Waals surface area contributed by atoms with Crippen LogP contribution in [0.1, 0.15) is 15.9 Å². The molecule has 0 saturated carbocycles. The van der Waals surface area contributed by atoms with E-state index in [1.54, 1.807) is 17.4 Å². The maximum absolute atomic E-state index is 11.0. The summed E-state index contributed by atoms with van der Waals surface area (Å²) in [6.07, 6.45) is 0. The molecule has 0 bridgehead atoms. The summed E-state index contributed by atoms with van der Waals surface area (Å²) >= 11 is 4.93. The first kappa shape index (κ1) is 9.68. The highest BCUT2D eigenvalue weighted by molar-refractivity contribution is 9.10. The number of halogens is 1. The molecule has 0 amide bonds. The van der Waals surface area contributed by atoms with Crippen LogP contribution < -0.4 is 0 Å². The second-order valence-electron chi connectivity index (χ2n) is 3.00. The van der Waals surface area contributed by atoms with E-state index in [-0.39, 0.29) is 0 Å². The Morgan fingerprint density at radius 1 is 1.57 bits per heavy atom. The van der Waals surface area contributed by atoms with E-state index in [2.05, 4.69) is 15.9 Å². The molecule has 2 rings (SSSR count). The van der Waals surface area contributed by atoms with Crippen LogP contribution in [0.4, 0.5) is 0 Å². The molecular formula is C10H7BrO2S. The maximum atomic E-state index is 11.0. The van der Waals surface area contributed by atoms with Crippen LogP contribution in [0.3, 0.4) is 0 Å². The molecule has 0 spiro atoms. The maximum Gasteiger partial charge on any atom is 0.336 e. The van der Waals surface area contributed by atoms with Crippen molar-refractivity contribution < 1.29 is 9.90 Å². The minimum Gasteiger partial charge on any atom is -0.478 e. The van der Waals surface area contributed by atoms with E-state index in [1.807, 2.05) is 18.4 Å². The predicted molar refractivity (Wildman–Crippen MR) is 61.2 cm³/mol. The summed E-state index contributed by atoms with van der Waals surface area (Å²) in [4.78, 5) is 11.0. The zero-order valence-corrected chi connectivity index (χ0v) is 9.78. The van der Waals surface area contributed by atoms with Crippen LogP contribution in [0.2, 0.25) is 0 Å². The van der Waals surface area contributed by atoms with Crippen molar-refractivity contribution in [3.8, 4) is 0 Å². The van der Waals surface area contributed by atoms with Gasteiger partial charge in [0.1, 0.15) is 0 Å². The van der Waals surface area contributed by atoms with Crippen LogP contribution >= 0.6 is 27.3 Å². The second-order valence-corrected chi connectivity index (χ2v) is 4.77. The van der Waals surface area contributed by atoms with Crippen LogP contribution in [0.15, 0.2) is 22.0 Å². The Morgan fingerprint density at radius 2 is 2.29 bits per heavy atom. The molecule has 1 N–H and O–H groups in total. The van der Waals surface area contributed by atoms with Gasteiger partial charge >= 0.3 is 5.97 Å². The first-order valence-electron chi connectivity index (χ1n) is 4.01. The number of thiophene rings is 1. The van der Waals surface area contributed by atoms with E-state index in [0.29, 0.717) is 5.56 Å². The number of rotatable bonds is 1. The van der Waals surface area contributed by atoms with Crippen molar-refractivity contribution in [2.45, 2.75) is 6.92 Å². The van der Waals surface area contributed by atoms with Crippen molar-refractivity contribution in [1.29, 1.82) is 0 Å². The van der Waals surface area contributed by atoms with Gasteiger partial charge in [-0.15, -0.1) is 11.3 Å². The van der Waals surface area contributed by atoms with E-state index in [1.165, 1.54) is 0 Å². The summed E-state index contributed by atoms with van der Waals surface area (Å²) in [5.41, 5.74) is 1.46. The van der Waals surface area contributed by atoms with Crippen molar-refractivity contribution >= 4 is 43.3 Å². The molecule has 4 heteroatoms. The lowest BCUT2D eigenvalue weighted by atomic mass is 10.1. The summed E-state index contributed by atoms with van der Waals surface area (Å²) < 4.78 is 1.89. The average Bonchev–Trinajstić information content (AvgIpc) is 2.59. The molecule has 0 aliphatic carbocycles. The zero-order valence-electron chi connectivity index (χ0n) is 7.37. The monoisotopic (exact) mass is 270 g/mol. The van der Waals surface area contributed by atoms with Crippen LogP contribution in [0.5, 0.6) is 0 Å². The quantitative estimate of drug-likeness (QED) is 0.859. The fraction of sp³-hybridized carbons (Fsp3) is 0.100. The van der Waals surface area contributed by atoms with Crippen molar-refractivity contribution in [2.24, 2.45) is 0 Å². The largest absolute Gasteiger partial charge is 0.478 e. The topological polar surface area (TPSA) is 37.3 Å². The number of hydrogen-bond donors (Lipinski definition) is 1. The minimum atomic E-state index is -0.880. The third-order valence-electron chi connectivity index (χ3n) is 2.16. The lowest BCUT2D eigenvalue weighted by molar-refractivity contribution is 0.0699. The highest BCUT2D eigenvalue weighted by atomic mass is 79.9. The van der Waals surface area contributed by atoms with Crippen molar-refractivity contribution in [3.63, 3.8) is 0 Å². The Bertz CT molecular complexity index is 516. The molecule has 14 heavy (non-hydrogen) atoms. The van der Waals surface area contributed by atoms with Gasteiger partial charge in [0.25, 0.3) is 0 Å². The van der Waals surface area contributed by atoms with Gasteiger partial charge in [0, 0.05) is 14.6 Å². The third kappa shape index (κ3) is 1.35. The molecule has 1 heterocycles. The lowest BCUT2D eigenvalue weighted by Crippen LogP contribution is -1.97. The number of carbonyl (C=O) groups is 1. The number of hydrogen-bond acceptors (Lipinski definition) is 2. The Hall–Kier alpha value is -0.870. The predicted octanol–water partition coefficient (Wildman–Crippen LogP) is 3.67. The smallest absolute Gasteiger partial charge is 0.336 e. The molecule has 1 aromatic carbocycles. The molecule has 0 aliphatic heterocycles. The number of benzene rings is 1. The van der Waals surface area contributed by atoms with Gasteiger partial charge in [0.05, 0.1) is 5.56 Å². The van der Waals surface area contributed by atoms with Gasteiger partial charge in [-0.3, -0.25) is 0 Å². The van der Waals surface area contributed by atoms with Crippen LogP contribution in [0.25, 0.3) is 10.1 Å². The van der Waals surface area contributed by atoms with Gasteiger partial charge in [-0.2, -0.15) is 0 Å². The van der Waals surface area contributed by atoms with Gasteiger partial charge < -0.3 is 5.11 Å². The Morgan fingerprint density at radius 3 is 2.93 bits per heavy atom. The Labute approximate surface area is 93.3 Å². The Kier molecular flexibility index (Phi) is 2.33. The summed E-state index contributed by atoms with van der Waals surface area (Å²) in [5.74, 6) is -0.880. The number of aromatic carboxylic acids is 1. The first-order chi connectivity index (χ1) is 6.61.